The Morgan fingerprint density at radius 2 is 2.00 bits per heavy atom. The summed E-state index contributed by atoms with van der Waals surface area (Å²) >= 11 is 0. The van der Waals surface area contributed by atoms with Gasteiger partial charge in [-0.15, -0.1) is 0 Å². The summed E-state index contributed by atoms with van der Waals surface area (Å²) in [5.74, 6) is 0.0286. The minimum atomic E-state index is -3.98. The van der Waals surface area contributed by atoms with Crippen LogP contribution in [0.2, 0.25) is 0 Å². The monoisotopic (exact) mass is 302 g/mol. The SMILES string of the molecule is CCC(CC)CN(CC)C(=O)c1cn[nH]c1S(N)(=O)=O. The Hall–Kier alpha value is -1.41. The fourth-order valence-corrected chi connectivity index (χ4v) is 2.65. The van der Waals surface area contributed by atoms with Crippen molar-refractivity contribution in [2.45, 2.75) is 38.6 Å². The van der Waals surface area contributed by atoms with E-state index in [1.807, 2.05) is 6.92 Å². The maximum Gasteiger partial charge on any atom is 0.258 e. The number of rotatable bonds is 7. The highest BCUT2D eigenvalue weighted by Crippen LogP contribution is 2.16. The second-order valence-electron chi connectivity index (χ2n) is 4.68. The number of nitrogens with two attached hydrogens (primary N) is 1. The lowest BCUT2D eigenvalue weighted by Crippen LogP contribution is -2.36. The average molecular weight is 302 g/mol. The van der Waals surface area contributed by atoms with Crippen LogP contribution in [0.3, 0.4) is 0 Å². The summed E-state index contributed by atoms with van der Waals surface area (Å²) in [5, 5.41) is 10.6. The number of aromatic amines is 1. The van der Waals surface area contributed by atoms with Crippen LogP contribution in [0.5, 0.6) is 0 Å². The Kier molecular flexibility index (Phi) is 5.70. The van der Waals surface area contributed by atoms with Gasteiger partial charge in [-0.1, -0.05) is 26.7 Å². The second-order valence-corrected chi connectivity index (χ2v) is 6.18. The van der Waals surface area contributed by atoms with Crippen LogP contribution in [0.1, 0.15) is 44.0 Å². The maximum atomic E-state index is 12.4. The summed E-state index contributed by atoms with van der Waals surface area (Å²) in [7, 11) is -3.98. The lowest BCUT2D eigenvalue weighted by Gasteiger charge is -2.25. The normalized spacial score (nSPS) is 11.8. The Morgan fingerprint density at radius 3 is 2.45 bits per heavy atom. The van der Waals surface area contributed by atoms with E-state index in [0.29, 0.717) is 19.0 Å². The molecule has 1 aromatic rings. The smallest absolute Gasteiger partial charge is 0.258 e. The molecule has 0 aliphatic carbocycles. The lowest BCUT2D eigenvalue weighted by molar-refractivity contribution is 0.0731. The molecule has 114 valence electrons. The Bertz CT molecular complexity index is 549. The first-order chi connectivity index (χ1) is 9.35. The number of H-pyrrole nitrogens is 1. The summed E-state index contributed by atoms with van der Waals surface area (Å²) in [4.78, 5) is 14.0. The molecule has 3 N–H and O–H groups in total. The van der Waals surface area contributed by atoms with E-state index in [1.54, 1.807) is 4.90 Å². The number of nitrogens with zero attached hydrogens (tertiary/aromatic N) is 2. The number of carbonyl (C=O) groups is 1. The van der Waals surface area contributed by atoms with Crippen molar-refractivity contribution in [2.75, 3.05) is 13.1 Å². The van der Waals surface area contributed by atoms with Gasteiger partial charge in [0, 0.05) is 13.1 Å². The molecule has 8 heteroatoms. The molecule has 0 saturated heterocycles. The van der Waals surface area contributed by atoms with Gasteiger partial charge in [0.25, 0.3) is 15.9 Å². The Morgan fingerprint density at radius 1 is 1.40 bits per heavy atom. The Labute approximate surface area is 119 Å². The molecule has 20 heavy (non-hydrogen) atoms. The molecule has 1 heterocycles. The van der Waals surface area contributed by atoms with Crippen molar-refractivity contribution in [1.29, 1.82) is 0 Å². The molecule has 0 aromatic carbocycles. The highest BCUT2D eigenvalue weighted by Gasteiger charge is 2.26. The molecule has 1 aromatic heterocycles. The van der Waals surface area contributed by atoms with E-state index in [1.165, 1.54) is 6.20 Å². The van der Waals surface area contributed by atoms with E-state index < -0.39 is 10.0 Å². The largest absolute Gasteiger partial charge is 0.339 e. The van der Waals surface area contributed by atoms with Crippen LogP contribution in [0.25, 0.3) is 0 Å². The van der Waals surface area contributed by atoms with Gasteiger partial charge in [0.05, 0.1) is 11.8 Å². The molecule has 0 unspecified atom stereocenters. The summed E-state index contributed by atoms with van der Waals surface area (Å²) < 4.78 is 22.8. The van der Waals surface area contributed by atoms with Gasteiger partial charge in [0.1, 0.15) is 0 Å². The van der Waals surface area contributed by atoms with Gasteiger partial charge in [-0.05, 0) is 12.8 Å². The number of hydrogen-bond acceptors (Lipinski definition) is 4. The number of nitrogens with one attached hydrogen (secondary N) is 1. The minimum absolute atomic E-state index is 0.000283. The average Bonchev–Trinajstić information content (AvgIpc) is 2.89. The fraction of sp³-hybridized carbons (Fsp3) is 0.667. The van der Waals surface area contributed by atoms with Crippen LogP contribution in [0.15, 0.2) is 11.2 Å². The molecule has 0 saturated carbocycles. The van der Waals surface area contributed by atoms with Crippen molar-refractivity contribution in [3.05, 3.63) is 11.8 Å². The van der Waals surface area contributed by atoms with E-state index in [2.05, 4.69) is 24.0 Å². The summed E-state index contributed by atoms with van der Waals surface area (Å²) in [5.41, 5.74) is 0.000283. The number of primary sulfonamides is 1. The van der Waals surface area contributed by atoms with Crippen LogP contribution in [0, 0.1) is 5.92 Å². The van der Waals surface area contributed by atoms with Crippen LogP contribution < -0.4 is 5.14 Å². The summed E-state index contributed by atoms with van der Waals surface area (Å²) in [6, 6.07) is 0. The van der Waals surface area contributed by atoms with Crippen molar-refractivity contribution in [2.24, 2.45) is 11.1 Å². The van der Waals surface area contributed by atoms with Gasteiger partial charge in [-0.2, -0.15) is 5.10 Å². The van der Waals surface area contributed by atoms with Gasteiger partial charge in [0.15, 0.2) is 5.03 Å². The molecule has 1 rings (SSSR count). The molecular weight excluding hydrogens is 280 g/mol. The summed E-state index contributed by atoms with van der Waals surface area (Å²) in [6.45, 7) is 7.10. The standard InChI is InChI=1S/C12H22N4O3S/c1-4-9(5-2)8-16(6-3)12(17)10-7-14-15-11(10)20(13,18)19/h7,9H,4-6,8H2,1-3H3,(H,14,15)(H2,13,18,19). The number of aromatic nitrogens is 2. The molecular formula is C12H22N4O3S. The van der Waals surface area contributed by atoms with Gasteiger partial charge in [0.2, 0.25) is 0 Å². The molecule has 0 bridgehead atoms. The molecule has 0 aliphatic heterocycles. The van der Waals surface area contributed by atoms with Gasteiger partial charge >= 0.3 is 0 Å². The highest BCUT2D eigenvalue weighted by molar-refractivity contribution is 7.89. The molecule has 7 nitrogen and oxygen atoms in total. The first-order valence-electron chi connectivity index (χ1n) is 6.70. The van der Waals surface area contributed by atoms with E-state index in [4.69, 9.17) is 5.14 Å². The number of amides is 1. The predicted octanol–water partition coefficient (Wildman–Crippen LogP) is 0.955. The first-order valence-corrected chi connectivity index (χ1v) is 8.25. The lowest BCUT2D eigenvalue weighted by atomic mass is 10.0. The van der Waals surface area contributed by atoms with Crippen LogP contribution >= 0.6 is 0 Å². The minimum Gasteiger partial charge on any atom is -0.339 e. The third kappa shape index (κ3) is 3.80. The van der Waals surface area contributed by atoms with Crippen LogP contribution in [-0.2, 0) is 10.0 Å². The third-order valence-electron chi connectivity index (χ3n) is 3.42. The maximum absolute atomic E-state index is 12.4. The van der Waals surface area contributed by atoms with E-state index in [-0.39, 0.29) is 16.5 Å². The zero-order valence-corrected chi connectivity index (χ0v) is 12.9. The molecule has 0 spiro atoms. The molecule has 1 amide bonds. The van der Waals surface area contributed by atoms with Crippen molar-refractivity contribution < 1.29 is 13.2 Å². The van der Waals surface area contributed by atoms with Gasteiger partial charge in [-0.25, -0.2) is 13.6 Å². The van der Waals surface area contributed by atoms with E-state index in [9.17, 15) is 13.2 Å². The van der Waals surface area contributed by atoms with E-state index in [0.717, 1.165) is 12.8 Å². The molecule has 0 fully saturated rings. The van der Waals surface area contributed by atoms with Crippen molar-refractivity contribution in [3.63, 3.8) is 0 Å². The highest BCUT2D eigenvalue weighted by atomic mass is 32.2. The number of sulfonamides is 1. The van der Waals surface area contributed by atoms with Gasteiger partial charge in [-0.3, -0.25) is 9.89 Å². The van der Waals surface area contributed by atoms with Crippen molar-refractivity contribution in [3.8, 4) is 0 Å². The topological polar surface area (TPSA) is 109 Å². The Balaban J connectivity index is 3.01. The van der Waals surface area contributed by atoms with E-state index >= 15 is 0 Å². The van der Waals surface area contributed by atoms with Crippen LogP contribution in [0.4, 0.5) is 0 Å². The molecule has 0 aliphatic rings. The zero-order valence-electron chi connectivity index (χ0n) is 12.1. The third-order valence-corrected chi connectivity index (χ3v) is 4.30. The van der Waals surface area contributed by atoms with Crippen molar-refractivity contribution >= 4 is 15.9 Å². The van der Waals surface area contributed by atoms with Crippen molar-refractivity contribution in [1.82, 2.24) is 15.1 Å². The van der Waals surface area contributed by atoms with Crippen LogP contribution in [-0.4, -0.2) is 42.5 Å². The fourth-order valence-electron chi connectivity index (χ4n) is 2.03. The summed E-state index contributed by atoms with van der Waals surface area (Å²) in [6.07, 6.45) is 3.14. The number of carbonyl (C=O) groups excluding carboxylic acids is 1. The first kappa shape index (κ1) is 16.6. The molecule has 0 radical (unpaired) electrons. The predicted molar refractivity (Wildman–Crippen MR) is 75.6 cm³/mol. The van der Waals surface area contributed by atoms with Gasteiger partial charge < -0.3 is 4.90 Å². The number of hydrogen-bond donors (Lipinski definition) is 2. The second kappa shape index (κ2) is 6.85. The molecule has 0 atom stereocenters. The quantitative estimate of drug-likeness (QED) is 0.781. The zero-order chi connectivity index (χ0) is 15.3.